The number of carbonyl (C=O) groups excluding carboxylic acids is 2. The van der Waals surface area contributed by atoms with Crippen molar-refractivity contribution in [3.8, 4) is 0 Å². The van der Waals surface area contributed by atoms with Crippen LogP contribution in [0.15, 0.2) is 42.0 Å². The number of hydrogen-bond acceptors (Lipinski definition) is 5. The van der Waals surface area contributed by atoms with Crippen LogP contribution in [0.25, 0.3) is 0 Å². The van der Waals surface area contributed by atoms with Gasteiger partial charge in [0.2, 0.25) is 0 Å². The van der Waals surface area contributed by atoms with Gasteiger partial charge in [-0.2, -0.15) is 0 Å². The van der Waals surface area contributed by atoms with Gasteiger partial charge in [-0.25, -0.2) is 4.79 Å². The lowest BCUT2D eigenvalue weighted by Gasteiger charge is -2.05. The van der Waals surface area contributed by atoms with Gasteiger partial charge in [0, 0.05) is 17.3 Å². The van der Waals surface area contributed by atoms with Crippen molar-refractivity contribution in [2.45, 2.75) is 6.54 Å². The number of rotatable bonds is 5. The predicted octanol–water partition coefficient (Wildman–Crippen LogP) is 1.62. The number of amides is 1. The molecular weight excluding hydrogens is 264 g/mol. The second-order valence-electron chi connectivity index (χ2n) is 3.67. The van der Waals surface area contributed by atoms with Gasteiger partial charge in [0.15, 0.2) is 6.61 Å². The average Bonchev–Trinajstić information content (AvgIpc) is 2.96. The molecule has 2 aromatic heterocycles. The van der Waals surface area contributed by atoms with E-state index >= 15 is 0 Å². The Kier molecular flexibility index (Phi) is 4.63. The van der Waals surface area contributed by atoms with E-state index < -0.39 is 5.97 Å². The van der Waals surface area contributed by atoms with Crippen LogP contribution in [-0.2, 0) is 16.1 Å². The van der Waals surface area contributed by atoms with Crippen LogP contribution in [-0.4, -0.2) is 23.5 Å². The summed E-state index contributed by atoms with van der Waals surface area (Å²) < 4.78 is 4.88. The summed E-state index contributed by atoms with van der Waals surface area (Å²) in [5.41, 5.74) is 0.376. The summed E-state index contributed by atoms with van der Waals surface area (Å²) in [6.45, 7) is 0.163. The molecule has 0 atom stereocenters. The van der Waals surface area contributed by atoms with E-state index in [1.54, 1.807) is 11.3 Å². The Bertz CT molecular complexity index is 540. The van der Waals surface area contributed by atoms with Crippen LogP contribution in [0, 0.1) is 0 Å². The Morgan fingerprint density at radius 1 is 1.26 bits per heavy atom. The van der Waals surface area contributed by atoms with Gasteiger partial charge in [0.1, 0.15) is 0 Å². The molecule has 0 aliphatic rings. The second-order valence-corrected chi connectivity index (χ2v) is 4.70. The van der Waals surface area contributed by atoms with Crippen molar-refractivity contribution in [2.75, 3.05) is 6.61 Å². The maximum atomic E-state index is 11.6. The standard InChI is InChI=1S/C13H12N2O3S/c16-12(15-8-11-2-1-7-19-11)9-18-13(17)10-3-5-14-6-4-10/h1-7H,8-9H2,(H,15,16). The first kappa shape index (κ1) is 13.2. The van der Waals surface area contributed by atoms with Crippen molar-refractivity contribution in [1.82, 2.24) is 10.3 Å². The van der Waals surface area contributed by atoms with Crippen molar-refractivity contribution >= 4 is 23.2 Å². The van der Waals surface area contributed by atoms with Gasteiger partial charge in [0.05, 0.1) is 12.1 Å². The lowest BCUT2D eigenvalue weighted by atomic mass is 10.3. The zero-order valence-corrected chi connectivity index (χ0v) is 10.9. The highest BCUT2D eigenvalue weighted by Gasteiger charge is 2.09. The molecule has 0 unspecified atom stereocenters. The SMILES string of the molecule is O=C(COC(=O)c1ccncc1)NCc1cccs1. The number of pyridine rings is 1. The number of nitrogens with zero attached hydrogens (tertiary/aromatic N) is 1. The fourth-order valence-electron chi connectivity index (χ4n) is 1.35. The van der Waals surface area contributed by atoms with Gasteiger partial charge in [-0.05, 0) is 23.6 Å². The fourth-order valence-corrected chi connectivity index (χ4v) is 2.00. The zero-order valence-electron chi connectivity index (χ0n) is 10.0. The van der Waals surface area contributed by atoms with Crippen LogP contribution in [0.4, 0.5) is 0 Å². The molecular formula is C13H12N2O3S. The van der Waals surface area contributed by atoms with Crippen molar-refractivity contribution in [3.63, 3.8) is 0 Å². The van der Waals surface area contributed by atoms with E-state index in [1.165, 1.54) is 24.5 Å². The molecule has 1 amide bonds. The van der Waals surface area contributed by atoms with Gasteiger partial charge in [-0.1, -0.05) is 6.07 Å². The quantitative estimate of drug-likeness (QED) is 0.843. The van der Waals surface area contributed by atoms with Gasteiger partial charge >= 0.3 is 5.97 Å². The minimum Gasteiger partial charge on any atom is -0.452 e. The number of thiophene rings is 1. The highest BCUT2D eigenvalue weighted by Crippen LogP contribution is 2.07. The third-order valence-electron chi connectivity index (χ3n) is 2.29. The molecule has 0 aliphatic carbocycles. The Morgan fingerprint density at radius 2 is 2.05 bits per heavy atom. The lowest BCUT2D eigenvalue weighted by molar-refractivity contribution is -0.124. The van der Waals surface area contributed by atoms with Crippen LogP contribution in [0.2, 0.25) is 0 Å². The highest BCUT2D eigenvalue weighted by atomic mass is 32.1. The Balaban J connectivity index is 1.73. The van der Waals surface area contributed by atoms with Crippen molar-refractivity contribution in [3.05, 3.63) is 52.5 Å². The molecule has 0 aliphatic heterocycles. The number of esters is 1. The number of nitrogens with one attached hydrogen (secondary N) is 1. The van der Waals surface area contributed by atoms with Gasteiger partial charge < -0.3 is 10.1 Å². The molecule has 0 fully saturated rings. The Morgan fingerprint density at radius 3 is 2.74 bits per heavy atom. The monoisotopic (exact) mass is 276 g/mol. The summed E-state index contributed by atoms with van der Waals surface area (Å²) in [6, 6.07) is 6.90. The maximum absolute atomic E-state index is 11.6. The average molecular weight is 276 g/mol. The first-order chi connectivity index (χ1) is 9.25. The van der Waals surface area contributed by atoms with E-state index in [0.717, 1.165) is 4.88 Å². The van der Waals surface area contributed by atoms with E-state index in [2.05, 4.69) is 10.3 Å². The fraction of sp³-hybridized carbons (Fsp3) is 0.154. The van der Waals surface area contributed by atoms with E-state index in [1.807, 2.05) is 17.5 Å². The Labute approximate surface area is 114 Å². The minimum atomic E-state index is -0.534. The third kappa shape index (κ3) is 4.18. The van der Waals surface area contributed by atoms with Gasteiger partial charge in [0.25, 0.3) is 5.91 Å². The van der Waals surface area contributed by atoms with E-state index in [4.69, 9.17) is 4.74 Å². The number of aromatic nitrogens is 1. The van der Waals surface area contributed by atoms with Crippen molar-refractivity contribution in [2.24, 2.45) is 0 Å². The van der Waals surface area contributed by atoms with Crippen molar-refractivity contribution in [1.29, 1.82) is 0 Å². The molecule has 0 spiro atoms. The number of hydrogen-bond donors (Lipinski definition) is 1. The number of ether oxygens (including phenoxy) is 1. The van der Waals surface area contributed by atoms with E-state index in [0.29, 0.717) is 12.1 Å². The summed E-state index contributed by atoms with van der Waals surface area (Å²) >= 11 is 1.56. The number of carbonyl (C=O) groups is 2. The topological polar surface area (TPSA) is 68.3 Å². The minimum absolute atomic E-state index is 0.285. The zero-order chi connectivity index (χ0) is 13.5. The molecule has 2 heterocycles. The highest BCUT2D eigenvalue weighted by molar-refractivity contribution is 7.09. The van der Waals surface area contributed by atoms with E-state index in [-0.39, 0.29) is 12.5 Å². The lowest BCUT2D eigenvalue weighted by Crippen LogP contribution is -2.28. The van der Waals surface area contributed by atoms with Crippen LogP contribution >= 0.6 is 11.3 Å². The summed E-state index contributed by atoms with van der Waals surface area (Å²) in [7, 11) is 0. The maximum Gasteiger partial charge on any atom is 0.338 e. The molecule has 0 radical (unpaired) electrons. The molecule has 98 valence electrons. The molecule has 0 aromatic carbocycles. The summed E-state index contributed by atoms with van der Waals surface area (Å²) in [5, 5.41) is 4.61. The summed E-state index contributed by atoms with van der Waals surface area (Å²) in [6.07, 6.45) is 2.99. The largest absolute Gasteiger partial charge is 0.452 e. The third-order valence-corrected chi connectivity index (χ3v) is 3.17. The molecule has 1 N–H and O–H groups in total. The molecule has 6 heteroatoms. The molecule has 0 saturated heterocycles. The second kappa shape index (κ2) is 6.65. The smallest absolute Gasteiger partial charge is 0.338 e. The van der Waals surface area contributed by atoms with Gasteiger partial charge in [-0.3, -0.25) is 9.78 Å². The first-order valence-corrected chi connectivity index (χ1v) is 6.50. The van der Waals surface area contributed by atoms with Crippen LogP contribution in [0.1, 0.15) is 15.2 Å². The molecule has 0 saturated carbocycles. The van der Waals surface area contributed by atoms with Crippen LogP contribution in [0.5, 0.6) is 0 Å². The normalized spacial score (nSPS) is 9.89. The van der Waals surface area contributed by atoms with Crippen LogP contribution < -0.4 is 5.32 Å². The molecule has 2 rings (SSSR count). The van der Waals surface area contributed by atoms with Gasteiger partial charge in [-0.15, -0.1) is 11.3 Å². The van der Waals surface area contributed by atoms with Crippen molar-refractivity contribution < 1.29 is 14.3 Å². The summed E-state index contributed by atoms with van der Waals surface area (Å²) in [5.74, 6) is -0.857. The van der Waals surface area contributed by atoms with Crippen LogP contribution in [0.3, 0.4) is 0 Å². The molecule has 2 aromatic rings. The molecule has 5 nitrogen and oxygen atoms in total. The molecule has 19 heavy (non-hydrogen) atoms. The molecule has 0 bridgehead atoms. The van der Waals surface area contributed by atoms with E-state index in [9.17, 15) is 9.59 Å². The predicted molar refractivity (Wildman–Crippen MR) is 70.7 cm³/mol. The first-order valence-electron chi connectivity index (χ1n) is 5.62. The Hall–Kier alpha value is -2.21. The summed E-state index contributed by atoms with van der Waals surface area (Å²) in [4.78, 5) is 27.9.